The molecule has 0 amide bonds. The summed E-state index contributed by atoms with van der Waals surface area (Å²) in [4.78, 5) is 4.30. The Kier molecular flexibility index (Phi) is 3.48. The van der Waals surface area contributed by atoms with E-state index in [1.54, 1.807) is 12.1 Å². The SMILES string of the molecule is Fc1c(Cl)cccc1-c1nc(C2CCNCC2)no1. The summed E-state index contributed by atoms with van der Waals surface area (Å²) in [5, 5.41) is 7.29. The van der Waals surface area contributed by atoms with Gasteiger partial charge in [-0.25, -0.2) is 4.39 Å². The van der Waals surface area contributed by atoms with Crippen molar-refractivity contribution in [1.82, 2.24) is 15.5 Å². The molecule has 1 aliphatic heterocycles. The van der Waals surface area contributed by atoms with Gasteiger partial charge in [-0.1, -0.05) is 22.8 Å². The fraction of sp³-hybridized carbons (Fsp3) is 0.385. The smallest absolute Gasteiger partial charge is 0.260 e. The molecule has 0 radical (unpaired) electrons. The summed E-state index contributed by atoms with van der Waals surface area (Å²) in [6.07, 6.45) is 1.94. The molecule has 1 aliphatic rings. The van der Waals surface area contributed by atoms with E-state index in [1.807, 2.05) is 0 Å². The van der Waals surface area contributed by atoms with Crippen molar-refractivity contribution in [1.29, 1.82) is 0 Å². The molecule has 4 nitrogen and oxygen atoms in total. The number of piperidine rings is 1. The average molecular weight is 282 g/mol. The Hall–Kier alpha value is -1.46. The molecule has 2 aromatic rings. The van der Waals surface area contributed by atoms with Gasteiger partial charge in [0.25, 0.3) is 5.89 Å². The summed E-state index contributed by atoms with van der Waals surface area (Å²) < 4.78 is 19.0. The molecule has 1 aromatic heterocycles. The van der Waals surface area contributed by atoms with E-state index in [2.05, 4.69) is 15.5 Å². The van der Waals surface area contributed by atoms with Crippen molar-refractivity contribution in [2.24, 2.45) is 0 Å². The van der Waals surface area contributed by atoms with Gasteiger partial charge in [0.15, 0.2) is 11.6 Å². The molecule has 19 heavy (non-hydrogen) atoms. The summed E-state index contributed by atoms with van der Waals surface area (Å²) in [5.74, 6) is 0.593. The second kappa shape index (κ2) is 5.27. The molecule has 100 valence electrons. The second-order valence-electron chi connectivity index (χ2n) is 4.58. The first kappa shape index (κ1) is 12.6. The van der Waals surface area contributed by atoms with Gasteiger partial charge in [0, 0.05) is 5.92 Å². The molecule has 1 fully saturated rings. The van der Waals surface area contributed by atoms with Gasteiger partial charge in [-0.05, 0) is 38.1 Å². The maximum absolute atomic E-state index is 13.9. The number of nitrogens with zero attached hydrogens (tertiary/aromatic N) is 2. The predicted octanol–water partition coefficient (Wildman–Crippen LogP) is 3.00. The molecule has 1 N–H and O–H groups in total. The molecule has 0 saturated carbocycles. The fourth-order valence-corrected chi connectivity index (χ4v) is 2.43. The Morgan fingerprint density at radius 1 is 1.32 bits per heavy atom. The van der Waals surface area contributed by atoms with Crippen LogP contribution >= 0.6 is 11.6 Å². The van der Waals surface area contributed by atoms with Crippen LogP contribution in [0, 0.1) is 5.82 Å². The van der Waals surface area contributed by atoms with E-state index in [0.717, 1.165) is 25.9 Å². The molecule has 0 spiro atoms. The summed E-state index contributed by atoms with van der Waals surface area (Å²) in [6, 6.07) is 4.74. The Balaban J connectivity index is 1.90. The lowest BCUT2D eigenvalue weighted by atomic mass is 9.98. The van der Waals surface area contributed by atoms with E-state index in [9.17, 15) is 4.39 Å². The molecule has 0 bridgehead atoms. The lowest BCUT2D eigenvalue weighted by Gasteiger charge is -2.18. The second-order valence-corrected chi connectivity index (χ2v) is 4.99. The van der Waals surface area contributed by atoms with Crippen LogP contribution in [-0.2, 0) is 0 Å². The lowest BCUT2D eigenvalue weighted by molar-refractivity contribution is 0.391. The molecule has 2 heterocycles. The number of hydrogen-bond acceptors (Lipinski definition) is 4. The van der Waals surface area contributed by atoms with Crippen molar-refractivity contribution in [3.8, 4) is 11.5 Å². The maximum atomic E-state index is 13.9. The third-order valence-corrected chi connectivity index (χ3v) is 3.62. The van der Waals surface area contributed by atoms with Gasteiger partial charge >= 0.3 is 0 Å². The molecule has 1 saturated heterocycles. The normalized spacial score (nSPS) is 16.7. The number of nitrogens with one attached hydrogen (secondary N) is 1. The van der Waals surface area contributed by atoms with Crippen molar-refractivity contribution >= 4 is 11.6 Å². The van der Waals surface area contributed by atoms with E-state index in [4.69, 9.17) is 16.1 Å². The van der Waals surface area contributed by atoms with E-state index in [-0.39, 0.29) is 22.4 Å². The van der Waals surface area contributed by atoms with Crippen molar-refractivity contribution in [2.75, 3.05) is 13.1 Å². The Bertz CT molecular complexity index is 581. The number of halogens is 2. The summed E-state index contributed by atoms with van der Waals surface area (Å²) >= 11 is 5.75. The predicted molar refractivity (Wildman–Crippen MR) is 69.5 cm³/mol. The third kappa shape index (κ3) is 2.48. The van der Waals surface area contributed by atoms with Gasteiger partial charge in [0.1, 0.15) is 0 Å². The zero-order valence-corrected chi connectivity index (χ0v) is 11.0. The minimum absolute atomic E-state index is 0.0547. The highest BCUT2D eigenvalue weighted by Gasteiger charge is 2.22. The minimum Gasteiger partial charge on any atom is -0.334 e. The van der Waals surface area contributed by atoms with Gasteiger partial charge in [0.2, 0.25) is 0 Å². The van der Waals surface area contributed by atoms with E-state index < -0.39 is 5.82 Å². The Morgan fingerprint density at radius 3 is 2.89 bits per heavy atom. The van der Waals surface area contributed by atoms with Crippen LogP contribution in [0.15, 0.2) is 22.7 Å². The molecule has 0 atom stereocenters. The first-order chi connectivity index (χ1) is 9.25. The van der Waals surface area contributed by atoms with Crippen LogP contribution in [0.5, 0.6) is 0 Å². The highest BCUT2D eigenvalue weighted by molar-refractivity contribution is 6.31. The molecule has 6 heteroatoms. The largest absolute Gasteiger partial charge is 0.334 e. The van der Waals surface area contributed by atoms with Crippen LogP contribution in [-0.4, -0.2) is 23.2 Å². The molecule has 0 unspecified atom stereocenters. The number of rotatable bonds is 2. The summed E-state index contributed by atoms with van der Waals surface area (Å²) in [7, 11) is 0. The van der Waals surface area contributed by atoms with Gasteiger partial charge in [-0.15, -0.1) is 0 Å². The number of hydrogen-bond donors (Lipinski definition) is 1. The van der Waals surface area contributed by atoms with Crippen molar-refractivity contribution in [3.05, 3.63) is 34.9 Å². The zero-order chi connectivity index (χ0) is 13.2. The molecule has 0 aliphatic carbocycles. The van der Waals surface area contributed by atoms with Gasteiger partial charge in [0.05, 0.1) is 10.6 Å². The average Bonchev–Trinajstić information content (AvgIpc) is 2.92. The van der Waals surface area contributed by atoms with E-state index in [0.29, 0.717) is 5.82 Å². The highest BCUT2D eigenvalue weighted by atomic mass is 35.5. The summed E-state index contributed by atoms with van der Waals surface area (Å²) in [6.45, 7) is 1.89. The first-order valence-electron chi connectivity index (χ1n) is 6.24. The molecule has 1 aromatic carbocycles. The van der Waals surface area contributed by atoms with E-state index >= 15 is 0 Å². The van der Waals surface area contributed by atoms with Crippen molar-refractivity contribution in [3.63, 3.8) is 0 Å². The Labute approximate surface area is 115 Å². The zero-order valence-electron chi connectivity index (χ0n) is 10.2. The minimum atomic E-state index is -0.523. The number of benzene rings is 1. The standard InChI is InChI=1S/C13H13ClFN3O/c14-10-3-1-2-9(11(10)15)13-17-12(18-19-13)8-4-6-16-7-5-8/h1-3,8,16H,4-7H2. The topological polar surface area (TPSA) is 51.0 Å². The van der Waals surface area contributed by atoms with Crippen LogP contribution in [0.2, 0.25) is 5.02 Å². The van der Waals surface area contributed by atoms with Gasteiger partial charge < -0.3 is 9.84 Å². The van der Waals surface area contributed by atoms with Gasteiger partial charge in [-0.2, -0.15) is 4.98 Å². The highest BCUT2D eigenvalue weighted by Crippen LogP contribution is 2.29. The number of aromatic nitrogens is 2. The molecule has 3 rings (SSSR count). The molecular formula is C13H13ClFN3O. The van der Waals surface area contributed by atoms with Gasteiger partial charge in [-0.3, -0.25) is 0 Å². The molecular weight excluding hydrogens is 269 g/mol. The monoisotopic (exact) mass is 281 g/mol. The first-order valence-corrected chi connectivity index (χ1v) is 6.62. The van der Waals surface area contributed by atoms with E-state index in [1.165, 1.54) is 6.07 Å². The maximum Gasteiger partial charge on any atom is 0.260 e. The quantitative estimate of drug-likeness (QED) is 0.919. The van der Waals surface area contributed by atoms with Crippen molar-refractivity contribution in [2.45, 2.75) is 18.8 Å². The van der Waals surface area contributed by atoms with Crippen LogP contribution in [0.4, 0.5) is 4.39 Å². The summed E-state index contributed by atoms with van der Waals surface area (Å²) in [5.41, 5.74) is 0.250. The van der Waals surface area contributed by atoms with Crippen LogP contribution < -0.4 is 5.32 Å². The Morgan fingerprint density at radius 2 is 2.11 bits per heavy atom. The van der Waals surface area contributed by atoms with Crippen molar-refractivity contribution < 1.29 is 8.91 Å². The van der Waals surface area contributed by atoms with Crippen LogP contribution in [0.1, 0.15) is 24.6 Å². The fourth-order valence-electron chi connectivity index (χ4n) is 2.26. The van der Waals surface area contributed by atoms with Crippen LogP contribution in [0.3, 0.4) is 0 Å². The third-order valence-electron chi connectivity index (χ3n) is 3.33. The van der Waals surface area contributed by atoms with Crippen LogP contribution in [0.25, 0.3) is 11.5 Å². The lowest BCUT2D eigenvalue weighted by Crippen LogP contribution is -2.27.